The van der Waals surface area contributed by atoms with E-state index in [9.17, 15) is 0 Å². The van der Waals surface area contributed by atoms with Gasteiger partial charge in [0.15, 0.2) is 0 Å². The number of ether oxygens (including phenoxy) is 1. The molecule has 78 valence electrons. The molecule has 0 radical (unpaired) electrons. The Morgan fingerprint density at radius 2 is 2.33 bits per heavy atom. The van der Waals surface area contributed by atoms with Gasteiger partial charge in [0.25, 0.3) is 0 Å². The fraction of sp³-hybridized carbons (Fsp3) is 0.250. The Balaban J connectivity index is 3.12. The molecule has 0 N–H and O–H groups in total. The molecule has 0 unspecified atom stereocenters. The number of hydrogen-bond donors (Lipinski definition) is 0. The van der Waals surface area contributed by atoms with Crippen LogP contribution in [0.5, 0.6) is 5.75 Å². The fourth-order valence-corrected chi connectivity index (χ4v) is 1.52. The predicted octanol–water partition coefficient (Wildman–Crippen LogP) is 3.67. The zero-order valence-corrected chi connectivity index (χ0v) is 9.51. The largest absolute Gasteiger partial charge is 0.495 e. The first kappa shape index (κ1) is 11.6. The third-order valence-corrected chi connectivity index (χ3v) is 2.29. The van der Waals surface area contributed by atoms with Gasteiger partial charge in [-0.2, -0.15) is 5.26 Å². The number of nitriles is 1. The minimum absolute atomic E-state index is 0.521. The Morgan fingerprint density at radius 3 is 2.80 bits per heavy atom. The van der Waals surface area contributed by atoms with Gasteiger partial charge in [-0.1, -0.05) is 24.6 Å². The molecule has 1 aromatic rings. The van der Waals surface area contributed by atoms with Gasteiger partial charge in [0.2, 0.25) is 0 Å². The summed E-state index contributed by atoms with van der Waals surface area (Å²) in [5.74, 6) is 0.620. The zero-order valence-electron chi connectivity index (χ0n) is 8.75. The molecular formula is C12H12ClNO. The Labute approximate surface area is 94.7 Å². The highest BCUT2D eigenvalue weighted by Crippen LogP contribution is 2.27. The highest BCUT2D eigenvalue weighted by molar-refractivity contribution is 6.32. The van der Waals surface area contributed by atoms with Crippen LogP contribution in [0.1, 0.15) is 18.9 Å². The standard InChI is InChI=1S/C12H12ClNO/c1-3-4-10(8-14)9-5-6-12(15-2)11(13)7-9/h4-7H,3H2,1-2H3/b10-4+. The van der Waals surface area contributed by atoms with Crippen LogP contribution in [-0.4, -0.2) is 7.11 Å². The molecule has 2 nitrogen and oxygen atoms in total. The van der Waals surface area contributed by atoms with E-state index in [1.807, 2.05) is 19.1 Å². The number of benzene rings is 1. The molecule has 3 heteroatoms. The summed E-state index contributed by atoms with van der Waals surface area (Å²) in [4.78, 5) is 0. The van der Waals surface area contributed by atoms with E-state index < -0.39 is 0 Å². The topological polar surface area (TPSA) is 33.0 Å². The maximum absolute atomic E-state index is 8.94. The first-order valence-electron chi connectivity index (χ1n) is 4.67. The van der Waals surface area contributed by atoms with Gasteiger partial charge in [0.05, 0.1) is 23.8 Å². The van der Waals surface area contributed by atoms with Crippen molar-refractivity contribution in [2.45, 2.75) is 13.3 Å². The average Bonchev–Trinajstić information content (AvgIpc) is 2.25. The number of allylic oxidation sites excluding steroid dienone is 2. The summed E-state index contributed by atoms with van der Waals surface area (Å²) in [6.07, 6.45) is 2.70. The lowest BCUT2D eigenvalue weighted by molar-refractivity contribution is 0.415. The lowest BCUT2D eigenvalue weighted by atomic mass is 10.1. The summed E-state index contributed by atoms with van der Waals surface area (Å²) in [5.41, 5.74) is 1.47. The maximum atomic E-state index is 8.94. The summed E-state index contributed by atoms with van der Waals surface area (Å²) in [5, 5.41) is 9.46. The first-order valence-corrected chi connectivity index (χ1v) is 5.04. The summed E-state index contributed by atoms with van der Waals surface area (Å²) in [6, 6.07) is 7.48. The van der Waals surface area contributed by atoms with E-state index in [4.69, 9.17) is 21.6 Å². The first-order chi connectivity index (χ1) is 7.22. The molecule has 0 aliphatic rings. The number of halogens is 1. The monoisotopic (exact) mass is 221 g/mol. The Hall–Kier alpha value is -1.46. The van der Waals surface area contributed by atoms with Gasteiger partial charge >= 0.3 is 0 Å². The Bertz CT molecular complexity index is 418. The van der Waals surface area contributed by atoms with E-state index in [0.29, 0.717) is 16.3 Å². The average molecular weight is 222 g/mol. The smallest absolute Gasteiger partial charge is 0.137 e. The molecule has 0 fully saturated rings. The molecule has 0 spiro atoms. The van der Waals surface area contributed by atoms with Crippen molar-refractivity contribution < 1.29 is 4.74 Å². The van der Waals surface area contributed by atoms with Gasteiger partial charge in [-0.05, 0) is 30.2 Å². The lowest BCUT2D eigenvalue weighted by Crippen LogP contribution is -1.87. The normalized spacial score (nSPS) is 10.9. The van der Waals surface area contributed by atoms with Crippen LogP contribution in [0.4, 0.5) is 0 Å². The van der Waals surface area contributed by atoms with Crippen LogP contribution in [-0.2, 0) is 0 Å². The maximum Gasteiger partial charge on any atom is 0.137 e. The van der Waals surface area contributed by atoms with E-state index in [1.165, 1.54) is 0 Å². The third-order valence-electron chi connectivity index (χ3n) is 1.99. The molecule has 0 aromatic heterocycles. The van der Waals surface area contributed by atoms with E-state index in [1.54, 1.807) is 19.2 Å². The van der Waals surface area contributed by atoms with Crippen LogP contribution in [0, 0.1) is 11.3 Å². The Kier molecular flexibility index (Phi) is 4.20. The van der Waals surface area contributed by atoms with Crippen LogP contribution in [0.15, 0.2) is 24.3 Å². The van der Waals surface area contributed by atoms with Crippen LogP contribution in [0.2, 0.25) is 5.02 Å². The number of hydrogen-bond acceptors (Lipinski definition) is 2. The fourth-order valence-electron chi connectivity index (χ4n) is 1.27. The minimum Gasteiger partial charge on any atom is -0.495 e. The van der Waals surface area contributed by atoms with Crippen LogP contribution >= 0.6 is 11.6 Å². The van der Waals surface area contributed by atoms with Gasteiger partial charge in [-0.25, -0.2) is 0 Å². The summed E-state index contributed by atoms with van der Waals surface area (Å²) in [6.45, 7) is 1.99. The second kappa shape index (κ2) is 5.43. The van der Waals surface area contributed by atoms with E-state index in [0.717, 1.165) is 12.0 Å². The van der Waals surface area contributed by atoms with Crippen molar-refractivity contribution in [2.24, 2.45) is 0 Å². The molecule has 0 bridgehead atoms. The highest BCUT2D eigenvalue weighted by atomic mass is 35.5. The Morgan fingerprint density at radius 1 is 1.60 bits per heavy atom. The van der Waals surface area contributed by atoms with Crippen LogP contribution < -0.4 is 4.74 Å². The third kappa shape index (κ3) is 2.74. The second-order valence-corrected chi connectivity index (χ2v) is 3.39. The molecule has 0 saturated carbocycles. The number of rotatable bonds is 3. The van der Waals surface area contributed by atoms with Crippen molar-refractivity contribution in [3.63, 3.8) is 0 Å². The molecule has 0 aliphatic heterocycles. The zero-order chi connectivity index (χ0) is 11.3. The predicted molar refractivity (Wildman–Crippen MR) is 61.9 cm³/mol. The molecule has 1 rings (SSSR count). The minimum atomic E-state index is 0.521. The number of nitrogens with zero attached hydrogens (tertiary/aromatic N) is 1. The van der Waals surface area contributed by atoms with E-state index in [-0.39, 0.29) is 0 Å². The van der Waals surface area contributed by atoms with Gasteiger partial charge in [0, 0.05) is 0 Å². The lowest BCUT2D eigenvalue weighted by Gasteiger charge is -2.04. The van der Waals surface area contributed by atoms with Gasteiger partial charge < -0.3 is 4.74 Å². The van der Waals surface area contributed by atoms with Crippen molar-refractivity contribution in [3.8, 4) is 11.8 Å². The number of methoxy groups -OCH3 is 1. The summed E-state index contributed by atoms with van der Waals surface area (Å²) >= 11 is 5.97. The van der Waals surface area contributed by atoms with Crippen molar-refractivity contribution in [2.75, 3.05) is 7.11 Å². The molecule has 15 heavy (non-hydrogen) atoms. The molecular weight excluding hydrogens is 210 g/mol. The van der Waals surface area contributed by atoms with Crippen molar-refractivity contribution >= 4 is 17.2 Å². The van der Waals surface area contributed by atoms with E-state index >= 15 is 0 Å². The molecule has 0 heterocycles. The quantitative estimate of drug-likeness (QED) is 0.730. The second-order valence-electron chi connectivity index (χ2n) is 2.99. The molecule has 0 aliphatic carbocycles. The SMILES string of the molecule is CC/C=C(\C#N)c1ccc(OC)c(Cl)c1. The van der Waals surface area contributed by atoms with Crippen molar-refractivity contribution in [1.29, 1.82) is 5.26 Å². The van der Waals surface area contributed by atoms with Gasteiger partial charge in [0.1, 0.15) is 5.75 Å². The van der Waals surface area contributed by atoms with Gasteiger partial charge in [-0.3, -0.25) is 0 Å². The molecule has 1 aromatic carbocycles. The van der Waals surface area contributed by atoms with Crippen molar-refractivity contribution in [3.05, 3.63) is 34.9 Å². The van der Waals surface area contributed by atoms with E-state index in [2.05, 4.69) is 6.07 Å². The van der Waals surface area contributed by atoms with Gasteiger partial charge in [-0.15, -0.1) is 0 Å². The highest BCUT2D eigenvalue weighted by Gasteiger charge is 2.04. The van der Waals surface area contributed by atoms with Crippen molar-refractivity contribution in [1.82, 2.24) is 0 Å². The molecule has 0 saturated heterocycles. The molecule has 0 atom stereocenters. The summed E-state index contributed by atoms with van der Waals surface area (Å²) in [7, 11) is 1.56. The molecule has 0 amide bonds. The van der Waals surface area contributed by atoms with Crippen LogP contribution in [0.25, 0.3) is 5.57 Å². The summed E-state index contributed by atoms with van der Waals surface area (Å²) < 4.78 is 5.04. The van der Waals surface area contributed by atoms with Crippen LogP contribution in [0.3, 0.4) is 0 Å².